The lowest BCUT2D eigenvalue weighted by atomic mass is 10.1. The van der Waals surface area contributed by atoms with Gasteiger partial charge in [-0.1, -0.05) is 18.2 Å². The van der Waals surface area contributed by atoms with Gasteiger partial charge in [-0.05, 0) is 86.5 Å². The maximum atomic E-state index is 13.1. The van der Waals surface area contributed by atoms with Gasteiger partial charge >= 0.3 is 5.97 Å². The van der Waals surface area contributed by atoms with Crippen molar-refractivity contribution in [2.24, 2.45) is 5.10 Å². The van der Waals surface area contributed by atoms with Crippen LogP contribution in [0.5, 0.6) is 11.5 Å². The van der Waals surface area contributed by atoms with Gasteiger partial charge in [-0.2, -0.15) is 10.1 Å². The Kier molecular flexibility index (Phi) is 7.86. The SMILES string of the molecule is CCOc1cc(/C=C2\C(=O)N(c3ccc(C(=O)O)cc3)N=C2C)ccc1OCC(=O)Nc1cccc(C)c1. The largest absolute Gasteiger partial charge is 0.490 e. The molecule has 2 amide bonds. The first kappa shape index (κ1) is 26.2. The van der Waals surface area contributed by atoms with Crippen molar-refractivity contribution in [1.82, 2.24) is 0 Å². The highest BCUT2D eigenvalue weighted by molar-refractivity contribution is 6.32. The van der Waals surface area contributed by atoms with Crippen molar-refractivity contribution in [3.8, 4) is 11.5 Å². The van der Waals surface area contributed by atoms with Crippen LogP contribution in [0.3, 0.4) is 0 Å². The number of amides is 2. The number of carboxylic acid groups (broad SMARTS) is 1. The second kappa shape index (κ2) is 11.4. The Labute approximate surface area is 220 Å². The molecule has 0 atom stereocenters. The van der Waals surface area contributed by atoms with Crippen LogP contribution in [-0.2, 0) is 9.59 Å². The summed E-state index contributed by atoms with van der Waals surface area (Å²) in [6.45, 7) is 5.69. The summed E-state index contributed by atoms with van der Waals surface area (Å²) in [5.41, 5.74) is 3.90. The highest BCUT2D eigenvalue weighted by Gasteiger charge is 2.29. The molecule has 0 fully saturated rings. The van der Waals surface area contributed by atoms with Crippen molar-refractivity contribution in [2.75, 3.05) is 23.5 Å². The minimum Gasteiger partial charge on any atom is -0.490 e. The molecule has 194 valence electrons. The number of hydrogen-bond donors (Lipinski definition) is 2. The monoisotopic (exact) mass is 513 g/mol. The lowest BCUT2D eigenvalue weighted by Crippen LogP contribution is -2.21. The predicted octanol–water partition coefficient (Wildman–Crippen LogP) is 4.92. The van der Waals surface area contributed by atoms with Gasteiger partial charge in [0.25, 0.3) is 11.8 Å². The van der Waals surface area contributed by atoms with E-state index in [0.29, 0.717) is 46.3 Å². The molecule has 0 bridgehead atoms. The van der Waals surface area contributed by atoms with E-state index in [9.17, 15) is 14.4 Å². The molecule has 0 saturated carbocycles. The summed E-state index contributed by atoms with van der Waals surface area (Å²) in [5.74, 6) is -0.849. The van der Waals surface area contributed by atoms with Crippen molar-refractivity contribution < 1.29 is 29.0 Å². The molecule has 38 heavy (non-hydrogen) atoms. The lowest BCUT2D eigenvalue weighted by molar-refractivity contribution is -0.118. The quantitative estimate of drug-likeness (QED) is 0.393. The van der Waals surface area contributed by atoms with Crippen LogP contribution >= 0.6 is 0 Å². The second-order valence-electron chi connectivity index (χ2n) is 8.56. The fraction of sp³-hybridized carbons (Fsp3) is 0.172. The van der Waals surface area contributed by atoms with Gasteiger partial charge in [0.05, 0.1) is 29.1 Å². The van der Waals surface area contributed by atoms with E-state index in [1.54, 1.807) is 37.3 Å². The number of carbonyl (C=O) groups is 3. The molecular weight excluding hydrogens is 486 g/mol. The van der Waals surface area contributed by atoms with Crippen LogP contribution in [-0.4, -0.2) is 41.8 Å². The van der Waals surface area contributed by atoms with Crippen LogP contribution in [0.4, 0.5) is 11.4 Å². The summed E-state index contributed by atoms with van der Waals surface area (Å²) in [5, 5.41) is 17.5. The number of carboxylic acids is 1. The predicted molar refractivity (Wildman–Crippen MR) is 145 cm³/mol. The Morgan fingerprint density at radius 2 is 1.76 bits per heavy atom. The van der Waals surface area contributed by atoms with E-state index in [0.717, 1.165) is 5.56 Å². The summed E-state index contributed by atoms with van der Waals surface area (Å²) in [6.07, 6.45) is 1.70. The van der Waals surface area contributed by atoms with E-state index in [1.165, 1.54) is 29.3 Å². The van der Waals surface area contributed by atoms with Crippen LogP contribution in [0.15, 0.2) is 77.4 Å². The lowest BCUT2D eigenvalue weighted by Gasteiger charge is -2.13. The first-order valence-electron chi connectivity index (χ1n) is 12.0. The third-order valence-corrected chi connectivity index (χ3v) is 5.66. The summed E-state index contributed by atoms with van der Waals surface area (Å²) in [6, 6.07) is 18.6. The number of aromatic carboxylic acids is 1. The van der Waals surface area contributed by atoms with Crippen molar-refractivity contribution in [3.05, 3.63) is 89.0 Å². The number of ether oxygens (including phenoxy) is 2. The third-order valence-electron chi connectivity index (χ3n) is 5.66. The molecule has 3 aromatic carbocycles. The smallest absolute Gasteiger partial charge is 0.335 e. The van der Waals surface area contributed by atoms with Crippen LogP contribution < -0.4 is 19.8 Å². The molecule has 9 heteroatoms. The molecule has 0 spiro atoms. The second-order valence-corrected chi connectivity index (χ2v) is 8.56. The average molecular weight is 514 g/mol. The molecule has 3 aromatic rings. The number of benzene rings is 3. The molecule has 0 radical (unpaired) electrons. The fourth-order valence-corrected chi connectivity index (χ4v) is 3.84. The maximum absolute atomic E-state index is 13.1. The van der Waals surface area contributed by atoms with Gasteiger partial charge in [-0.3, -0.25) is 9.59 Å². The molecule has 1 heterocycles. The number of aryl methyl sites for hydroxylation is 1. The average Bonchev–Trinajstić information content (AvgIpc) is 3.17. The van der Waals surface area contributed by atoms with E-state index in [2.05, 4.69) is 10.4 Å². The van der Waals surface area contributed by atoms with Crippen LogP contribution in [0, 0.1) is 6.92 Å². The maximum Gasteiger partial charge on any atom is 0.335 e. The number of hydrazone groups is 1. The third kappa shape index (κ3) is 6.07. The number of hydrogen-bond acceptors (Lipinski definition) is 6. The van der Waals surface area contributed by atoms with E-state index in [1.807, 2.05) is 32.0 Å². The number of rotatable bonds is 9. The molecule has 0 unspecified atom stereocenters. The summed E-state index contributed by atoms with van der Waals surface area (Å²) >= 11 is 0. The molecule has 4 rings (SSSR count). The van der Waals surface area contributed by atoms with Crippen LogP contribution in [0.1, 0.15) is 35.3 Å². The molecule has 1 aliphatic heterocycles. The van der Waals surface area contributed by atoms with E-state index < -0.39 is 5.97 Å². The van der Waals surface area contributed by atoms with Crippen LogP contribution in [0.2, 0.25) is 0 Å². The Morgan fingerprint density at radius 1 is 1.00 bits per heavy atom. The molecular formula is C29H27N3O6. The van der Waals surface area contributed by atoms with E-state index in [-0.39, 0.29) is 24.0 Å². The molecule has 0 saturated heterocycles. The number of carbonyl (C=O) groups excluding carboxylic acids is 2. The van der Waals surface area contributed by atoms with Crippen molar-refractivity contribution in [1.29, 1.82) is 0 Å². The van der Waals surface area contributed by atoms with Crippen molar-refractivity contribution >= 4 is 40.9 Å². The molecule has 1 aliphatic rings. The minimum atomic E-state index is -1.05. The van der Waals surface area contributed by atoms with Crippen molar-refractivity contribution in [3.63, 3.8) is 0 Å². The van der Waals surface area contributed by atoms with Gasteiger partial charge in [0.15, 0.2) is 18.1 Å². The standard InChI is InChI=1S/C29H27N3O6/c1-4-37-26-16-20(8-13-25(26)38-17-27(33)30-22-7-5-6-18(2)14-22)15-24-19(3)31-32(28(24)34)23-11-9-21(10-12-23)29(35)36/h5-16H,4,17H2,1-3H3,(H,30,33)(H,35,36)/b24-15-. The van der Waals surface area contributed by atoms with Gasteiger partial charge in [0, 0.05) is 5.69 Å². The van der Waals surface area contributed by atoms with Gasteiger partial charge in [-0.25, -0.2) is 4.79 Å². The topological polar surface area (TPSA) is 118 Å². The highest BCUT2D eigenvalue weighted by atomic mass is 16.5. The Hall–Kier alpha value is -4.92. The fourth-order valence-electron chi connectivity index (χ4n) is 3.84. The Bertz CT molecular complexity index is 1440. The van der Waals surface area contributed by atoms with Gasteiger partial charge in [0.1, 0.15) is 0 Å². The molecule has 0 aliphatic carbocycles. The van der Waals surface area contributed by atoms with Gasteiger partial charge in [0.2, 0.25) is 0 Å². The van der Waals surface area contributed by atoms with Gasteiger partial charge in [-0.15, -0.1) is 0 Å². The molecule has 0 aromatic heterocycles. The zero-order chi connectivity index (χ0) is 27.2. The number of nitrogens with zero attached hydrogens (tertiary/aromatic N) is 2. The van der Waals surface area contributed by atoms with Gasteiger partial charge < -0.3 is 19.9 Å². The van der Waals surface area contributed by atoms with E-state index >= 15 is 0 Å². The zero-order valence-corrected chi connectivity index (χ0v) is 21.2. The summed E-state index contributed by atoms with van der Waals surface area (Å²) < 4.78 is 11.4. The summed E-state index contributed by atoms with van der Waals surface area (Å²) in [7, 11) is 0. The number of nitrogens with one attached hydrogen (secondary N) is 1. The summed E-state index contributed by atoms with van der Waals surface area (Å²) in [4.78, 5) is 36.6. The normalized spacial score (nSPS) is 13.9. The first-order chi connectivity index (χ1) is 18.2. The van der Waals surface area contributed by atoms with Crippen LogP contribution in [0.25, 0.3) is 6.08 Å². The minimum absolute atomic E-state index is 0.121. The molecule has 9 nitrogen and oxygen atoms in total. The molecule has 2 N–H and O–H groups in total. The number of anilines is 2. The Balaban J connectivity index is 1.48. The highest BCUT2D eigenvalue weighted by Crippen LogP contribution is 2.31. The zero-order valence-electron chi connectivity index (χ0n) is 21.2. The van der Waals surface area contributed by atoms with Crippen molar-refractivity contribution in [2.45, 2.75) is 20.8 Å². The van der Waals surface area contributed by atoms with E-state index in [4.69, 9.17) is 14.6 Å². The Morgan fingerprint density at radius 3 is 2.45 bits per heavy atom. The first-order valence-corrected chi connectivity index (χ1v) is 12.0.